The van der Waals surface area contributed by atoms with E-state index in [4.69, 9.17) is 37.0 Å². The Balaban J connectivity index is 5.22. The van der Waals surface area contributed by atoms with E-state index in [-0.39, 0.29) is 25.7 Å². The lowest BCUT2D eigenvalue weighted by Gasteiger charge is -2.21. The summed E-state index contributed by atoms with van der Waals surface area (Å²) in [5.41, 5.74) is 0. The van der Waals surface area contributed by atoms with Gasteiger partial charge in [0, 0.05) is 25.7 Å². The molecule has 0 aliphatic rings. The summed E-state index contributed by atoms with van der Waals surface area (Å²) in [6, 6.07) is 0. The molecule has 19 heteroatoms. The summed E-state index contributed by atoms with van der Waals surface area (Å²) in [6.45, 7) is 11.7. The molecule has 6 atom stereocenters. The van der Waals surface area contributed by atoms with Crippen LogP contribution in [0.25, 0.3) is 0 Å². The number of carbonyl (C=O) groups excluding carboxylic acids is 4. The Bertz CT molecular complexity index is 1930. The van der Waals surface area contributed by atoms with E-state index in [1.54, 1.807) is 0 Å². The highest BCUT2D eigenvalue weighted by Crippen LogP contribution is 2.45. The van der Waals surface area contributed by atoms with Gasteiger partial charge in [0.2, 0.25) is 0 Å². The number of esters is 4. The molecule has 0 rings (SSSR count). The molecular formula is C75H142O17P2. The highest BCUT2D eigenvalue weighted by Gasteiger charge is 2.30. The lowest BCUT2D eigenvalue weighted by molar-refractivity contribution is -0.161. The molecule has 0 bridgehead atoms. The molecule has 0 aliphatic carbocycles. The summed E-state index contributed by atoms with van der Waals surface area (Å²) in [5, 5.41) is 10.6. The van der Waals surface area contributed by atoms with Gasteiger partial charge in [-0.1, -0.05) is 304 Å². The first-order chi connectivity index (χ1) is 45.3. The molecule has 0 aromatic carbocycles. The molecular weight excluding hydrogens is 1230 g/mol. The predicted molar refractivity (Wildman–Crippen MR) is 381 cm³/mol. The van der Waals surface area contributed by atoms with E-state index >= 15 is 0 Å². The van der Waals surface area contributed by atoms with Crippen molar-refractivity contribution in [2.45, 2.75) is 375 Å². The normalized spacial score (nSPS) is 14.6. The van der Waals surface area contributed by atoms with E-state index in [1.165, 1.54) is 141 Å². The van der Waals surface area contributed by atoms with Crippen molar-refractivity contribution in [1.82, 2.24) is 0 Å². The van der Waals surface area contributed by atoms with Crippen LogP contribution in [0.15, 0.2) is 24.3 Å². The number of aliphatic hydroxyl groups is 1. The second-order valence-electron chi connectivity index (χ2n) is 27.5. The van der Waals surface area contributed by atoms with Gasteiger partial charge in [0.15, 0.2) is 12.2 Å². The van der Waals surface area contributed by atoms with Crippen LogP contribution in [-0.4, -0.2) is 96.7 Å². The fraction of sp³-hybridized carbons (Fsp3) is 0.893. The molecule has 0 amide bonds. The maximum absolute atomic E-state index is 13.0. The first-order valence-corrected chi connectivity index (χ1v) is 41.2. The second kappa shape index (κ2) is 65.2. The summed E-state index contributed by atoms with van der Waals surface area (Å²) in [6.07, 6.45) is 53.7. The lowest BCUT2D eigenvalue weighted by Crippen LogP contribution is -2.30. The monoisotopic (exact) mass is 1380 g/mol. The van der Waals surface area contributed by atoms with E-state index in [2.05, 4.69) is 72.8 Å². The summed E-state index contributed by atoms with van der Waals surface area (Å²) >= 11 is 0. The van der Waals surface area contributed by atoms with Crippen molar-refractivity contribution in [3.05, 3.63) is 24.3 Å². The molecule has 0 radical (unpaired) electrons. The number of unbranched alkanes of at least 4 members (excludes halogenated alkanes) is 35. The molecule has 0 aromatic heterocycles. The van der Waals surface area contributed by atoms with Crippen molar-refractivity contribution >= 4 is 39.5 Å². The van der Waals surface area contributed by atoms with Gasteiger partial charge < -0.3 is 33.8 Å². The Morgan fingerprint density at radius 2 is 0.628 bits per heavy atom. The molecule has 94 heavy (non-hydrogen) atoms. The zero-order valence-electron chi connectivity index (χ0n) is 60.9. The third-order valence-corrected chi connectivity index (χ3v) is 19.0. The molecule has 3 N–H and O–H groups in total. The molecule has 0 saturated carbocycles. The average Bonchev–Trinajstić information content (AvgIpc) is 1.90. The fourth-order valence-electron chi connectivity index (χ4n) is 10.9. The zero-order valence-corrected chi connectivity index (χ0v) is 62.7. The van der Waals surface area contributed by atoms with Gasteiger partial charge in [-0.2, -0.15) is 0 Å². The maximum Gasteiger partial charge on any atom is 0.472 e. The van der Waals surface area contributed by atoms with Crippen LogP contribution in [0.5, 0.6) is 0 Å². The standard InChI is InChI=1S/C75H142O17P2/c1-8-10-11-12-13-14-15-16-19-23-26-29-34-42-49-56-72(77)85-63-71(92-75(80)59-52-45-38-37-41-48-55-68(7)9-2)65-90-94(83,84)88-61-69(76)60-87-93(81,82)89-64-70(62-86-73(78)57-50-43-36-31-33-40-47-54-67(5)6)91-74(79)58-51-44-35-30-27-24-21-18-17-20-22-25-28-32-39-46-53-66(3)4/h14-16,19,66-71,76H,8-13,17-18,20-65H2,1-7H3,(H,81,82)(H,83,84)/b15-14-,19-16-/t68?,69?,70-,71-/m1/s1. The number of hydrogen-bond donors (Lipinski definition) is 3. The minimum absolute atomic E-state index is 0.0958. The molecule has 0 heterocycles. The van der Waals surface area contributed by atoms with Crippen molar-refractivity contribution in [2.75, 3.05) is 39.6 Å². The number of aliphatic hydroxyl groups excluding tert-OH is 1. The molecule has 0 spiro atoms. The summed E-state index contributed by atoms with van der Waals surface area (Å²) in [7, 11) is -9.92. The Hall–Kier alpha value is -2.46. The average molecular weight is 1380 g/mol. The summed E-state index contributed by atoms with van der Waals surface area (Å²) in [5.74, 6) is 0.0735. The van der Waals surface area contributed by atoms with Crippen LogP contribution in [0.1, 0.15) is 357 Å². The van der Waals surface area contributed by atoms with Gasteiger partial charge in [0.1, 0.15) is 19.3 Å². The number of ether oxygens (including phenoxy) is 4. The van der Waals surface area contributed by atoms with E-state index in [0.717, 1.165) is 121 Å². The minimum atomic E-state index is -4.96. The van der Waals surface area contributed by atoms with Gasteiger partial charge in [-0.3, -0.25) is 37.3 Å². The van der Waals surface area contributed by atoms with Gasteiger partial charge in [-0.25, -0.2) is 9.13 Å². The van der Waals surface area contributed by atoms with Gasteiger partial charge in [-0.05, 0) is 69.1 Å². The number of phosphoric acid groups is 2. The lowest BCUT2D eigenvalue weighted by atomic mass is 10.00. The van der Waals surface area contributed by atoms with Crippen LogP contribution in [-0.2, 0) is 65.4 Å². The second-order valence-corrected chi connectivity index (χ2v) is 30.5. The number of rotatable bonds is 71. The van der Waals surface area contributed by atoms with Crippen molar-refractivity contribution < 1.29 is 80.2 Å². The third-order valence-electron chi connectivity index (χ3n) is 17.1. The van der Waals surface area contributed by atoms with Crippen molar-refractivity contribution in [3.63, 3.8) is 0 Å². The summed E-state index contributed by atoms with van der Waals surface area (Å²) < 4.78 is 68.4. The Morgan fingerprint density at radius 1 is 0.351 bits per heavy atom. The number of allylic oxidation sites excluding steroid dienone is 4. The quantitative estimate of drug-likeness (QED) is 0.0169. The minimum Gasteiger partial charge on any atom is -0.462 e. The highest BCUT2D eigenvalue weighted by atomic mass is 31.2. The van der Waals surface area contributed by atoms with Gasteiger partial charge in [0.05, 0.1) is 26.4 Å². The molecule has 0 fully saturated rings. The smallest absolute Gasteiger partial charge is 0.462 e. The largest absolute Gasteiger partial charge is 0.472 e. The van der Waals surface area contributed by atoms with Crippen LogP contribution in [0.2, 0.25) is 0 Å². The topological polar surface area (TPSA) is 237 Å². The van der Waals surface area contributed by atoms with E-state index in [0.29, 0.717) is 37.5 Å². The molecule has 554 valence electrons. The molecule has 0 aliphatic heterocycles. The zero-order chi connectivity index (χ0) is 69.4. The van der Waals surface area contributed by atoms with Crippen LogP contribution < -0.4 is 0 Å². The highest BCUT2D eigenvalue weighted by molar-refractivity contribution is 7.47. The molecule has 4 unspecified atom stereocenters. The molecule has 17 nitrogen and oxygen atoms in total. The van der Waals surface area contributed by atoms with Crippen LogP contribution >= 0.6 is 15.6 Å². The predicted octanol–water partition coefficient (Wildman–Crippen LogP) is 21.3. The van der Waals surface area contributed by atoms with Gasteiger partial charge >= 0.3 is 39.5 Å². The molecule has 0 aromatic rings. The Kier molecular flexibility index (Phi) is 63.5. The first-order valence-electron chi connectivity index (χ1n) is 38.2. The molecule has 0 saturated heterocycles. The SMILES string of the molecule is CCCCCC/C=C\C=C/CCCCCCCC(=O)OC[C@H](COP(=O)(O)OCC(O)COP(=O)(O)OC[C@@H](COC(=O)CCCCCCCCCC(C)C)OC(=O)CCCCCCCCCCCCCCCCCCC(C)C)OC(=O)CCCCCCCCC(C)CC. The van der Waals surface area contributed by atoms with E-state index < -0.39 is 97.5 Å². The van der Waals surface area contributed by atoms with Crippen molar-refractivity contribution in [3.8, 4) is 0 Å². The van der Waals surface area contributed by atoms with Gasteiger partial charge in [0.25, 0.3) is 0 Å². The van der Waals surface area contributed by atoms with E-state index in [9.17, 15) is 43.2 Å². The Labute approximate surface area is 573 Å². The number of carbonyl (C=O) groups is 4. The third kappa shape index (κ3) is 66.8. The summed E-state index contributed by atoms with van der Waals surface area (Å²) in [4.78, 5) is 72.7. The van der Waals surface area contributed by atoms with Crippen LogP contribution in [0, 0.1) is 17.8 Å². The number of phosphoric ester groups is 2. The van der Waals surface area contributed by atoms with Crippen molar-refractivity contribution in [2.24, 2.45) is 17.8 Å². The van der Waals surface area contributed by atoms with Crippen LogP contribution in [0.3, 0.4) is 0 Å². The number of hydrogen-bond acceptors (Lipinski definition) is 15. The maximum atomic E-state index is 13.0. The van der Waals surface area contributed by atoms with Gasteiger partial charge in [-0.15, -0.1) is 0 Å². The first kappa shape index (κ1) is 91.5. The van der Waals surface area contributed by atoms with E-state index in [1.807, 2.05) is 0 Å². The fourth-order valence-corrected chi connectivity index (χ4v) is 12.4. The van der Waals surface area contributed by atoms with Crippen molar-refractivity contribution in [1.29, 1.82) is 0 Å². The Morgan fingerprint density at radius 3 is 0.947 bits per heavy atom. The van der Waals surface area contributed by atoms with Crippen LogP contribution in [0.4, 0.5) is 0 Å².